The first-order valence-electron chi connectivity index (χ1n) is 5.44. The Labute approximate surface area is 95.1 Å². The van der Waals surface area contributed by atoms with Crippen LogP contribution in [0.3, 0.4) is 0 Å². The molecule has 2 heterocycles. The van der Waals surface area contributed by atoms with Crippen LogP contribution >= 0.6 is 11.8 Å². The zero-order valence-electron chi connectivity index (χ0n) is 9.07. The van der Waals surface area contributed by atoms with E-state index >= 15 is 0 Å². The molecule has 2 rings (SSSR count). The monoisotopic (exact) mass is 223 g/mol. The maximum absolute atomic E-state index is 4.38. The highest BCUT2D eigenvalue weighted by Crippen LogP contribution is 2.17. The molecule has 0 aliphatic carbocycles. The van der Waals surface area contributed by atoms with Gasteiger partial charge in [0.15, 0.2) is 0 Å². The minimum absolute atomic E-state index is 0.682. The molecule has 0 spiro atoms. The first kappa shape index (κ1) is 10.9. The van der Waals surface area contributed by atoms with Gasteiger partial charge in [0.05, 0.1) is 5.69 Å². The Morgan fingerprint density at radius 1 is 1.47 bits per heavy atom. The van der Waals surface area contributed by atoms with Crippen LogP contribution in [-0.4, -0.2) is 27.5 Å². The zero-order valence-corrected chi connectivity index (χ0v) is 9.89. The molecule has 0 aromatic carbocycles. The largest absolute Gasteiger partial charge is 0.308 e. The van der Waals surface area contributed by atoms with Crippen LogP contribution in [0.15, 0.2) is 12.3 Å². The van der Waals surface area contributed by atoms with Crippen LogP contribution in [0.4, 0.5) is 0 Å². The predicted octanol–water partition coefficient (Wildman–Crippen LogP) is 1.77. The van der Waals surface area contributed by atoms with Crippen LogP contribution in [0.25, 0.3) is 0 Å². The van der Waals surface area contributed by atoms with E-state index in [1.54, 1.807) is 0 Å². The molecular weight excluding hydrogens is 206 g/mol. The van der Waals surface area contributed by atoms with Crippen LogP contribution in [0.2, 0.25) is 0 Å². The lowest BCUT2D eigenvalue weighted by molar-refractivity contribution is 0.478. The molecule has 0 unspecified atom stereocenters. The summed E-state index contributed by atoms with van der Waals surface area (Å²) in [4.78, 5) is 8.47. The summed E-state index contributed by atoms with van der Waals surface area (Å²) in [5, 5.41) is 3.56. The fourth-order valence-corrected chi connectivity index (χ4v) is 2.86. The van der Waals surface area contributed by atoms with E-state index in [1.807, 2.05) is 19.2 Å². The fourth-order valence-electron chi connectivity index (χ4n) is 1.75. The third-order valence-electron chi connectivity index (χ3n) is 2.63. The molecule has 1 aliphatic rings. The summed E-state index contributed by atoms with van der Waals surface area (Å²) in [6.45, 7) is 2.81. The van der Waals surface area contributed by atoms with Crippen molar-refractivity contribution in [1.82, 2.24) is 15.3 Å². The molecule has 0 bridgehead atoms. The van der Waals surface area contributed by atoms with Gasteiger partial charge >= 0.3 is 0 Å². The van der Waals surface area contributed by atoms with Crippen molar-refractivity contribution in [2.24, 2.45) is 0 Å². The summed E-state index contributed by atoms with van der Waals surface area (Å²) in [7, 11) is 0. The number of aryl methyl sites for hydroxylation is 1. The average molecular weight is 223 g/mol. The molecule has 3 nitrogen and oxygen atoms in total. The minimum Gasteiger partial charge on any atom is -0.308 e. The average Bonchev–Trinajstić information content (AvgIpc) is 2.28. The van der Waals surface area contributed by atoms with E-state index in [-0.39, 0.29) is 0 Å². The van der Waals surface area contributed by atoms with Crippen LogP contribution in [0.5, 0.6) is 0 Å². The van der Waals surface area contributed by atoms with Gasteiger partial charge in [-0.3, -0.25) is 0 Å². The Kier molecular flexibility index (Phi) is 3.97. The summed E-state index contributed by atoms with van der Waals surface area (Å²) < 4.78 is 0. The highest BCUT2D eigenvalue weighted by Gasteiger charge is 2.12. The van der Waals surface area contributed by atoms with Crippen molar-refractivity contribution in [3.8, 4) is 0 Å². The second-order valence-electron chi connectivity index (χ2n) is 3.86. The van der Waals surface area contributed by atoms with Crippen molar-refractivity contribution in [3.63, 3.8) is 0 Å². The number of thioether (sulfide) groups is 1. The summed E-state index contributed by atoms with van der Waals surface area (Å²) in [5.74, 6) is 3.44. The van der Waals surface area contributed by atoms with Crippen LogP contribution in [0, 0.1) is 6.92 Å². The molecule has 1 fully saturated rings. The van der Waals surface area contributed by atoms with Gasteiger partial charge in [-0.25, -0.2) is 9.97 Å². The zero-order chi connectivity index (χ0) is 10.5. The highest BCUT2D eigenvalue weighted by molar-refractivity contribution is 7.99. The number of hydrogen-bond donors (Lipinski definition) is 1. The maximum atomic E-state index is 4.38. The first-order chi connectivity index (χ1) is 7.34. The molecular formula is C11H17N3S. The Morgan fingerprint density at radius 3 is 3.00 bits per heavy atom. The standard InChI is InChI=1S/C11H17N3S/c1-9-12-5-2-11(14-9)8-13-10-3-6-15-7-4-10/h2,5,10,13H,3-4,6-8H2,1H3. The Balaban J connectivity index is 1.81. The van der Waals surface area contributed by atoms with Crippen LogP contribution < -0.4 is 5.32 Å². The lowest BCUT2D eigenvalue weighted by Gasteiger charge is -2.22. The summed E-state index contributed by atoms with van der Waals surface area (Å²) in [6, 6.07) is 2.67. The number of nitrogens with one attached hydrogen (secondary N) is 1. The molecule has 0 saturated carbocycles. The molecule has 15 heavy (non-hydrogen) atoms. The molecule has 1 saturated heterocycles. The molecule has 0 amide bonds. The van der Waals surface area contributed by atoms with Crippen LogP contribution in [0.1, 0.15) is 24.4 Å². The Hall–Kier alpha value is -0.610. The van der Waals surface area contributed by atoms with Gasteiger partial charge in [0.25, 0.3) is 0 Å². The fraction of sp³-hybridized carbons (Fsp3) is 0.636. The van der Waals surface area contributed by atoms with E-state index in [1.165, 1.54) is 24.3 Å². The molecule has 1 N–H and O–H groups in total. The second-order valence-corrected chi connectivity index (χ2v) is 5.09. The van der Waals surface area contributed by atoms with Crippen molar-refractivity contribution in [1.29, 1.82) is 0 Å². The van der Waals surface area contributed by atoms with Crippen molar-refractivity contribution >= 4 is 11.8 Å². The van der Waals surface area contributed by atoms with Gasteiger partial charge in [0, 0.05) is 18.8 Å². The Bertz CT molecular complexity index is 310. The lowest BCUT2D eigenvalue weighted by atomic mass is 10.1. The molecule has 1 aliphatic heterocycles. The first-order valence-corrected chi connectivity index (χ1v) is 6.60. The minimum atomic E-state index is 0.682. The summed E-state index contributed by atoms with van der Waals surface area (Å²) in [6.07, 6.45) is 4.40. The molecule has 1 aromatic rings. The van der Waals surface area contributed by atoms with Gasteiger partial charge < -0.3 is 5.32 Å². The van der Waals surface area contributed by atoms with E-state index < -0.39 is 0 Å². The van der Waals surface area contributed by atoms with Gasteiger partial charge in [-0.05, 0) is 37.3 Å². The van der Waals surface area contributed by atoms with Gasteiger partial charge in [0.2, 0.25) is 0 Å². The van der Waals surface area contributed by atoms with Gasteiger partial charge in [-0.2, -0.15) is 11.8 Å². The highest BCUT2D eigenvalue weighted by atomic mass is 32.2. The van der Waals surface area contributed by atoms with E-state index in [0.29, 0.717) is 6.04 Å². The molecule has 82 valence electrons. The normalized spacial score (nSPS) is 17.9. The molecule has 0 radical (unpaired) electrons. The number of rotatable bonds is 3. The predicted molar refractivity (Wildman–Crippen MR) is 64.0 cm³/mol. The second kappa shape index (κ2) is 5.47. The molecule has 0 atom stereocenters. The number of hydrogen-bond acceptors (Lipinski definition) is 4. The van der Waals surface area contributed by atoms with Crippen LogP contribution in [-0.2, 0) is 6.54 Å². The summed E-state index contributed by atoms with van der Waals surface area (Å²) >= 11 is 2.06. The van der Waals surface area contributed by atoms with E-state index in [9.17, 15) is 0 Å². The Morgan fingerprint density at radius 2 is 2.27 bits per heavy atom. The van der Waals surface area contributed by atoms with Gasteiger partial charge in [-0.15, -0.1) is 0 Å². The molecule has 4 heteroatoms. The maximum Gasteiger partial charge on any atom is 0.125 e. The van der Waals surface area contributed by atoms with Crippen molar-refractivity contribution < 1.29 is 0 Å². The van der Waals surface area contributed by atoms with E-state index in [0.717, 1.165) is 18.1 Å². The van der Waals surface area contributed by atoms with E-state index in [4.69, 9.17) is 0 Å². The number of nitrogens with zero attached hydrogens (tertiary/aromatic N) is 2. The van der Waals surface area contributed by atoms with Crippen molar-refractivity contribution in [2.75, 3.05) is 11.5 Å². The van der Waals surface area contributed by atoms with E-state index in [2.05, 4.69) is 27.0 Å². The van der Waals surface area contributed by atoms with Crippen molar-refractivity contribution in [3.05, 3.63) is 23.8 Å². The lowest BCUT2D eigenvalue weighted by Crippen LogP contribution is -2.32. The molecule has 1 aromatic heterocycles. The van der Waals surface area contributed by atoms with Gasteiger partial charge in [0.1, 0.15) is 5.82 Å². The quantitative estimate of drug-likeness (QED) is 0.847. The van der Waals surface area contributed by atoms with Crippen molar-refractivity contribution in [2.45, 2.75) is 32.4 Å². The summed E-state index contributed by atoms with van der Waals surface area (Å²) in [5.41, 5.74) is 1.10. The smallest absolute Gasteiger partial charge is 0.125 e. The van der Waals surface area contributed by atoms with Gasteiger partial charge in [-0.1, -0.05) is 0 Å². The SMILES string of the molecule is Cc1nccc(CNC2CCSCC2)n1. The third kappa shape index (κ3) is 3.47. The topological polar surface area (TPSA) is 37.8 Å². The number of aromatic nitrogens is 2. The third-order valence-corrected chi connectivity index (χ3v) is 3.68.